The van der Waals surface area contributed by atoms with E-state index < -0.39 is 24.4 Å². The second kappa shape index (κ2) is 9.29. The molecule has 1 aliphatic heterocycles. The molecule has 27 heavy (non-hydrogen) atoms. The molecule has 2 aromatic carbocycles. The van der Waals surface area contributed by atoms with E-state index in [1.165, 1.54) is 5.56 Å². The minimum absolute atomic E-state index is 0.177. The number of allylic oxidation sites excluding steroid dienone is 2. The van der Waals surface area contributed by atoms with Crippen LogP contribution >= 0.6 is 0 Å². The van der Waals surface area contributed by atoms with Gasteiger partial charge in [0.25, 0.3) is 0 Å². The molecule has 0 spiro atoms. The molecule has 0 amide bonds. The van der Waals surface area contributed by atoms with Gasteiger partial charge in [-0.3, -0.25) is 0 Å². The van der Waals surface area contributed by atoms with Crippen molar-refractivity contribution in [2.24, 2.45) is 5.92 Å². The summed E-state index contributed by atoms with van der Waals surface area (Å²) in [5, 5.41) is 30.2. The smallest absolute Gasteiger partial charge is 0.111 e. The number of rotatable bonds is 6. The average molecular weight is 368 g/mol. The summed E-state index contributed by atoms with van der Waals surface area (Å²) in [5.74, 6) is -0.314. The predicted molar refractivity (Wildman–Crippen MR) is 105 cm³/mol. The van der Waals surface area contributed by atoms with Gasteiger partial charge in [-0.1, -0.05) is 73.7 Å². The summed E-state index contributed by atoms with van der Waals surface area (Å²) in [4.78, 5) is 0. The molecule has 0 radical (unpaired) electrons. The van der Waals surface area contributed by atoms with Crippen LogP contribution in [0.1, 0.15) is 29.7 Å². The Bertz CT molecular complexity index is 741. The first-order chi connectivity index (χ1) is 13.1. The molecule has 2 aromatic rings. The fourth-order valence-electron chi connectivity index (χ4n) is 3.54. The Hall–Kier alpha value is -1.98. The first kappa shape index (κ1) is 19.8. The van der Waals surface area contributed by atoms with Crippen LogP contribution < -0.4 is 0 Å². The molecule has 4 heteroatoms. The zero-order valence-corrected chi connectivity index (χ0v) is 15.6. The van der Waals surface area contributed by atoms with Gasteiger partial charge < -0.3 is 20.1 Å². The minimum atomic E-state index is -1.01. The van der Waals surface area contributed by atoms with Crippen LogP contribution in [0.2, 0.25) is 0 Å². The van der Waals surface area contributed by atoms with Crippen LogP contribution in [0, 0.1) is 5.92 Å². The first-order valence-corrected chi connectivity index (χ1v) is 9.50. The van der Waals surface area contributed by atoms with Crippen LogP contribution in [0.25, 0.3) is 0 Å². The predicted octanol–water partition coefficient (Wildman–Crippen LogP) is 2.82. The van der Waals surface area contributed by atoms with E-state index in [9.17, 15) is 15.3 Å². The summed E-state index contributed by atoms with van der Waals surface area (Å²) >= 11 is 0. The van der Waals surface area contributed by atoms with Crippen molar-refractivity contribution in [1.82, 2.24) is 0 Å². The van der Waals surface area contributed by atoms with Gasteiger partial charge in [-0.25, -0.2) is 0 Å². The van der Waals surface area contributed by atoms with Gasteiger partial charge in [-0.15, -0.1) is 0 Å². The van der Waals surface area contributed by atoms with Crippen LogP contribution in [0.4, 0.5) is 0 Å². The lowest BCUT2D eigenvalue weighted by Gasteiger charge is -2.41. The van der Waals surface area contributed by atoms with Gasteiger partial charge >= 0.3 is 0 Å². The molecule has 0 aromatic heterocycles. The lowest BCUT2D eigenvalue weighted by molar-refractivity contribution is -0.207. The van der Waals surface area contributed by atoms with Crippen LogP contribution in [-0.2, 0) is 17.6 Å². The molecule has 5 unspecified atom stereocenters. The topological polar surface area (TPSA) is 69.9 Å². The summed E-state index contributed by atoms with van der Waals surface area (Å²) in [6, 6.07) is 18.2. The molecular formula is C23H28O4. The SMILES string of the molecule is CC1C(CO)OC(c2cccc(CC=CCc3ccccc3)c2)C(O)C1O. The highest BCUT2D eigenvalue weighted by Gasteiger charge is 2.42. The molecule has 3 rings (SSSR count). The van der Waals surface area contributed by atoms with Gasteiger partial charge in [0.05, 0.1) is 18.8 Å². The van der Waals surface area contributed by atoms with E-state index in [1.54, 1.807) is 6.92 Å². The van der Waals surface area contributed by atoms with Gasteiger partial charge in [0, 0.05) is 5.92 Å². The summed E-state index contributed by atoms with van der Waals surface area (Å²) < 4.78 is 5.88. The van der Waals surface area contributed by atoms with Gasteiger partial charge in [0.15, 0.2) is 0 Å². The third kappa shape index (κ3) is 4.85. The average Bonchev–Trinajstić information content (AvgIpc) is 2.71. The van der Waals surface area contributed by atoms with Gasteiger partial charge in [-0.2, -0.15) is 0 Å². The number of aliphatic hydroxyl groups excluding tert-OH is 3. The Morgan fingerprint density at radius 2 is 1.56 bits per heavy atom. The van der Waals surface area contributed by atoms with E-state index in [0.717, 1.165) is 24.0 Å². The third-order valence-corrected chi connectivity index (χ3v) is 5.28. The van der Waals surface area contributed by atoms with Crippen molar-refractivity contribution in [3.8, 4) is 0 Å². The molecule has 0 aliphatic carbocycles. The zero-order valence-electron chi connectivity index (χ0n) is 15.6. The maximum atomic E-state index is 10.4. The molecule has 144 valence electrons. The highest BCUT2D eigenvalue weighted by molar-refractivity contribution is 5.28. The summed E-state index contributed by atoms with van der Waals surface area (Å²) in [5.41, 5.74) is 3.21. The fraction of sp³-hybridized carbons (Fsp3) is 0.391. The Morgan fingerprint density at radius 3 is 2.26 bits per heavy atom. The maximum Gasteiger partial charge on any atom is 0.111 e. The summed E-state index contributed by atoms with van der Waals surface area (Å²) in [6.07, 6.45) is 2.92. The third-order valence-electron chi connectivity index (χ3n) is 5.28. The normalized spacial score (nSPS) is 28.5. The minimum Gasteiger partial charge on any atom is -0.394 e. The van der Waals surface area contributed by atoms with Crippen molar-refractivity contribution < 1.29 is 20.1 Å². The number of ether oxygens (including phenoxy) is 1. The van der Waals surface area contributed by atoms with Crippen molar-refractivity contribution in [2.45, 2.75) is 44.2 Å². The molecule has 4 nitrogen and oxygen atoms in total. The van der Waals surface area contributed by atoms with Crippen LogP contribution in [0.15, 0.2) is 66.7 Å². The largest absolute Gasteiger partial charge is 0.394 e. The fourth-order valence-corrected chi connectivity index (χ4v) is 3.54. The Labute approximate surface area is 160 Å². The second-order valence-corrected chi connectivity index (χ2v) is 7.23. The second-order valence-electron chi connectivity index (χ2n) is 7.23. The summed E-state index contributed by atoms with van der Waals surface area (Å²) in [7, 11) is 0. The quantitative estimate of drug-likeness (QED) is 0.686. The van der Waals surface area contributed by atoms with Crippen molar-refractivity contribution >= 4 is 0 Å². The first-order valence-electron chi connectivity index (χ1n) is 9.50. The number of hydrogen-bond acceptors (Lipinski definition) is 4. The van der Waals surface area contributed by atoms with E-state index in [0.29, 0.717) is 0 Å². The van der Waals surface area contributed by atoms with Crippen molar-refractivity contribution in [1.29, 1.82) is 0 Å². The van der Waals surface area contributed by atoms with Crippen molar-refractivity contribution in [3.05, 3.63) is 83.4 Å². The number of benzene rings is 2. The van der Waals surface area contributed by atoms with Crippen molar-refractivity contribution in [3.63, 3.8) is 0 Å². The van der Waals surface area contributed by atoms with Gasteiger partial charge in [-0.05, 0) is 29.5 Å². The highest BCUT2D eigenvalue weighted by atomic mass is 16.5. The lowest BCUT2D eigenvalue weighted by Crippen LogP contribution is -2.50. The van der Waals surface area contributed by atoms with Crippen LogP contribution in [0.3, 0.4) is 0 Å². The molecule has 0 bridgehead atoms. The van der Waals surface area contributed by atoms with E-state index in [-0.39, 0.29) is 12.5 Å². The molecule has 5 atom stereocenters. The van der Waals surface area contributed by atoms with Gasteiger partial charge in [0.2, 0.25) is 0 Å². The molecule has 0 saturated carbocycles. The molecule has 1 saturated heterocycles. The van der Waals surface area contributed by atoms with E-state index >= 15 is 0 Å². The molecule has 1 aliphatic rings. The van der Waals surface area contributed by atoms with Gasteiger partial charge in [0.1, 0.15) is 12.2 Å². The van der Waals surface area contributed by atoms with Crippen molar-refractivity contribution in [2.75, 3.05) is 6.61 Å². The Balaban J connectivity index is 1.66. The van der Waals surface area contributed by atoms with E-state index in [4.69, 9.17) is 4.74 Å². The van der Waals surface area contributed by atoms with Crippen LogP contribution in [0.5, 0.6) is 0 Å². The monoisotopic (exact) mass is 368 g/mol. The molecular weight excluding hydrogens is 340 g/mol. The molecule has 1 heterocycles. The van der Waals surface area contributed by atoms with E-state index in [2.05, 4.69) is 24.3 Å². The van der Waals surface area contributed by atoms with Crippen LogP contribution in [-0.4, -0.2) is 40.2 Å². The Morgan fingerprint density at radius 1 is 0.889 bits per heavy atom. The summed E-state index contributed by atoms with van der Waals surface area (Å²) in [6.45, 7) is 1.60. The molecule has 1 fully saturated rings. The number of aliphatic hydroxyl groups is 3. The Kier molecular flexibility index (Phi) is 6.80. The zero-order chi connectivity index (χ0) is 19.2. The molecule has 3 N–H and O–H groups in total. The standard InChI is InChI=1S/C23H28O4/c1-16-20(15-24)27-23(22(26)21(16)25)19-13-7-12-18(14-19)11-6-5-10-17-8-3-2-4-9-17/h2-9,12-14,16,20-26H,10-11,15H2,1H3. The lowest BCUT2D eigenvalue weighted by atomic mass is 9.85. The van der Waals surface area contributed by atoms with E-state index in [1.807, 2.05) is 42.5 Å². The highest BCUT2D eigenvalue weighted by Crippen LogP contribution is 2.35. The maximum absolute atomic E-state index is 10.4. The number of hydrogen-bond donors (Lipinski definition) is 3.